The van der Waals surface area contributed by atoms with Crippen LogP contribution in [0.4, 0.5) is 0 Å². The summed E-state index contributed by atoms with van der Waals surface area (Å²) in [5.74, 6) is -0.146. The molecule has 0 saturated heterocycles. The Morgan fingerprint density at radius 2 is 1.78 bits per heavy atom. The molecule has 6 nitrogen and oxygen atoms in total. The number of hydrogen-bond donors (Lipinski definition) is 2. The van der Waals surface area contributed by atoms with Crippen molar-refractivity contribution >= 4 is 26.8 Å². The highest BCUT2D eigenvalue weighted by molar-refractivity contribution is 7.89. The molecule has 0 radical (unpaired) electrons. The van der Waals surface area contributed by atoms with Crippen molar-refractivity contribution in [2.24, 2.45) is 7.05 Å². The van der Waals surface area contributed by atoms with E-state index in [1.807, 2.05) is 35.9 Å². The second-order valence-electron chi connectivity index (χ2n) is 6.61. The topological polar surface area (TPSA) is 80.2 Å². The Bertz CT molecular complexity index is 1070. The van der Waals surface area contributed by atoms with Crippen LogP contribution in [-0.2, 0) is 17.1 Å². The number of benzene rings is 2. The number of hydrogen-bond acceptors (Lipinski definition) is 3. The zero-order chi connectivity index (χ0) is 19.6. The summed E-state index contributed by atoms with van der Waals surface area (Å²) in [7, 11) is -2.01. The standard InChI is InChI=1S/C20H23N3O3S/c1-4-14(2)15-9-11-16(12-10-15)27(25,26)22-21-20(24)18-13-23(3)19-8-6-5-7-17(18)19/h5-14,22H,4H2,1-3H3,(H,21,24). The van der Waals surface area contributed by atoms with Crippen molar-refractivity contribution in [2.75, 3.05) is 0 Å². The molecule has 0 aliphatic heterocycles. The Labute approximate surface area is 159 Å². The van der Waals surface area contributed by atoms with Gasteiger partial charge in [-0.3, -0.25) is 10.2 Å². The van der Waals surface area contributed by atoms with Crippen molar-refractivity contribution in [1.82, 2.24) is 14.8 Å². The molecule has 2 aromatic carbocycles. The maximum Gasteiger partial charge on any atom is 0.268 e. The monoisotopic (exact) mass is 385 g/mol. The van der Waals surface area contributed by atoms with Gasteiger partial charge in [-0.2, -0.15) is 0 Å². The van der Waals surface area contributed by atoms with Crippen LogP contribution in [0.3, 0.4) is 0 Å². The van der Waals surface area contributed by atoms with Gasteiger partial charge >= 0.3 is 0 Å². The molecule has 3 aromatic rings. The normalized spacial score (nSPS) is 12.9. The average Bonchev–Trinajstić information content (AvgIpc) is 3.03. The lowest BCUT2D eigenvalue weighted by Crippen LogP contribution is -2.41. The first-order valence-corrected chi connectivity index (χ1v) is 10.3. The number of nitrogens with zero attached hydrogens (tertiary/aromatic N) is 1. The SMILES string of the molecule is CCC(C)c1ccc(S(=O)(=O)NNC(=O)c2cn(C)c3ccccc23)cc1. The third-order valence-corrected chi connectivity index (χ3v) is 6.08. The van der Waals surface area contributed by atoms with Gasteiger partial charge in [-0.1, -0.05) is 44.2 Å². The van der Waals surface area contributed by atoms with Gasteiger partial charge in [0.15, 0.2) is 0 Å². The molecule has 0 aliphatic rings. The van der Waals surface area contributed by atoms with Gasteiger partial charge < -0.3 is 4.57 Å². The first-order chi connectivity index (χ1) is 12.8. The van der Waals surface area contributed by atoms with E-state index in [0.717, 1.165) is 22.9 Å². The summed E-state index contributed by atoms with van der Waals surface area (Å²) in [6.07, 6.45) is 2.65. The first-order valence-electron chi connectivity index (χ1n) is 8.79. The van der Waals surface area contributed by atoms with Crippen LogP contribution in [0, 0.1) is 0 Å². The van der Waals surface area contributed by atoms with Crippen LogP contribution in [0.15, 0.2) is 59.6 Å². The molecule has 27 heavy (non-hydrogen) atoms. The molecule has 0 fully saturated rings. The molecule has 2 N–H and O–H groups in total. The summed E-state index contributed by atoms with van der Waals surface area (Å²) in [4.78, 5) is 14.8. The Balaban J connectivity index is 1.75. The van der Waals surface area contributed by atoms with Gasteiger partial charge in [0.05, 0.1) is 10.5 Å². The quantitative estimate of drug-likeness (QED) is 0.639. The molecule has 0 saturated carbocycles. The smallest absolute Gasteiger partial charge is 0.268 e. The van der Waals surface area contributed by atoms with Gasteiger partial charge in [-0.15, -0.1) is 4.83 Å². The van der Waals surface area contributed by atoms with E-state index in [2.05, 4.69) is 24.1 Å². The molecule has 1 unspecified atom stereocenters. The Morgan fingerprint density at radius 3 is 2.44 bits per heavy atom. The van der Waals surface area contributed by atoms with Gasteiger partial charge in [0, 0.05) is 24.1 Å². The highest BCUT2D eigenvalue weighted by Crippen LogP contribution is 2.21. The zero-order valence-electron chi connectivity index (χ0n) is 15.6. The Kier molecular flexibility index (Phi) is 5.34. The van der Waals surface area contributed by atoms with Crippen molar-refractivity contribution in [2.45, 2.75) is 31.1 Å². The maximum absolute atomic E-state index is 12.5. The Hall–Kier alpha value is -2.64. The summed E-state index contributed by atoms with van der Waals surface area (Å²) in [6.45, 7) is 4.17. The molecule has 0 spiro atoms. The lowest BCUT2D eigenvalue weighted by molar-refractivity contribution is 0.0946. The van der Waals surface area contributed by atoms with Crippen LogP contribution < -0.4 is 10.3 Å². The van der Waals surface area contributed by atoms with Crippen LogP contribution in [0.2, 0.25) is 0 Å². The highest BCUT2D eigenvalue weighted by atomic mass is 32.2. The van der Waals surface area contributed by atoms with Crippen LogP contribution in [0.1, 0.15) is 42.1 Å². The number of fused-ring (bicyclic) bond motifs is 1. The van der Waals surface area contributed by atoms with Crippen molar-refractivity contribution in [3.05, 3.63) is 65.9 Å². The number of para-hydroxylation sites is 1. The second-order valence-corrected chi connectivity index (χ2v) is 8.29. The van der Waals surface area contributed by atoms with Crippen molar-refractivity contribution in [3.63, 3.8) is 0 Å². The van der Waals surface area contributed by atoms with Crippen molar-refractivity contribution in [3.8, 4) is 0 Å². The molecule has 1 heterocycles. The number of aryl methyl sites for hydroxylation is 1. The summed E-state index contributed by atoms with van der Waals surface area (Å²) in [5, 5.41) is 0.759. The number of aromatic nitrogens is 1. The highest BCUT2D eigenvalue weighted by Gasteiger charge is 2.18. The summed E-state index contributed by atoms with van der Waals surface area (Å²) < 4.78 is 26.7. The number of nitrogens with one attached hydrogen (secondary N) is 2. The molecule has 3 rings (SSSR count). The van der Waals surface area contributed by atoms with Crippen LogP contribution in [-0.4, -0.2) is 18.9 Å². The first kappa shape index (κ1) is 19.1. The zero-order valence-corrected chi connectivity index (χ0v) is 16.4. The fourth-order valence-corrected chi connectivity index (χ4v) is 3.81. The third kappa shape index (κ3) is 3.89. The molecular formula is C20H23N3O3S. The van der Waals surface area contributed by atoms with Crippen LogP contribution in [0.5, 0.6) is 0 Å². The van der Waals surface area contributed by atoms with E-state index < -0.39 is 15.9 Å². The molecule has 142 valence electrons. The van der Waals surface area contributed by atoms with E-state index in [1.165, 1.54) is 0 Å². The Morgan fingerprint density at radius 1 is 1.11 bits per heavy atom. The largest absolute Gasteiger partial charge is 0.350 e. The summed E-state index contributed by atoms with van der Waals surface area (Å²) in [6, 6.07) is 14.1. The molecule has 1 amide bonds. The van der Waals surface area contributed by atoms with E-state index in [0.29, 0.717) is 11.5 Å². The lowest BCUT2D eigenvalue weighted by atomic mass is 9.99. The van der Waals surface area contributed by atoms with Crippen molar-refractivity contribution < 1.29 is 13.2 Å². The predicted octanol–water partition coefficient (Wildman–Crippen LogP) is 3.32. The minimum atomic E-state index is -3.85. The predicted molar refractivity (Wildman–Crippen MR) is 106 cm³/mol. The summed E-state index contributed by atoms with van der Waals surface area (Å²) in [5.41, 5.74) is 4.68. The third-order valence-electron chi connectivity index (χ3n) is 4.81. The number of carbonyl (C=O) groups is 1. The van der Waals surface area contributed by atoms with Crippen LogP contribution >= 0.6 is 0 Å². The molecule has 7 heteroatoms. The van der Waals surface area contributed by atoms with E-state index >= 15 is 0 Å². The fraction of sp³-hybridized carbons (Fsp3) is 0.250. The minimum Gasteiger partial charge on any atom is -0.350 e. The fourth-order valence-electron chi connectivity index (χ4n) is 2.97. The number of carbonyl (C=O) groups excluding carboxylic acids is 1. The molecule has 1 atom stereocenters. The molecule has 0 bridgehead atoms. The average molecular weight is 385 g/mol. The van der Waals surface area contributed by atoms with Crippen LogP contribution in [0.25, 0.3) is 10.9 Å². The molecule has 1 aromatic heterocycles. The number of amides is 1. The summed E-state index contributed by atoms with van der Waals surface area (Å²) >= 11 is 0. The molecular weight excluding hydrogens is 362 g/mol. The minimum absolute atomic E-state index is 0.104. The number of sulfonamides is 1. The van der Waals surface area contributed by atoms with E-state index in [-0.39, 0.29) is 4.90 Å². The number of hydrazine groups is 1. The maximum atomic E-state index is 12.5. The van der Waals surface area contributed by atoms with Gasteiger partial charge in [0.2, 0.25) is 0 Å². The van der Waals surface area contributed by atoms with Crippen molar-refractivity contribution in [1.29, 1.82) is 0 Å². The van der Waals surface area contributed by atoms with E-state index in [4.69, 9.17) is 0 Å². The van der Waals surface area contributed by atoms with Gasteiger partial charge in [-0.25, -0.2) is 8.42 Å². The molecule has 0 aliphatic carbocycles. The van der Waals surface area contributed by atoms with Gasteiger partial charge in [0.25, 0.3) is 15.9 Å². The van der Waals surface area contributed by atoms with Gasteiger partial charge in [-0.05, 0) is 36.1 Å². The number of rotatable bonds is 6. The lowest BCUT2D eigenvalue weighted by Gasteiger charge is -2.11. The van der Waals surface area contributed by atoms with E-state index in [1.54, 1.807) is 30.5 Å². The van der Waals surface area contributed by atoms with E-state index in [9.17, 15) is 13.2 Å². The van der Waals surface area contributed by atoms with Gasteiger partial charge in [0.1, 0.15) is 0 Å². The second kappa shape index (κ2) is 7.54.